The van der Waals surface area contributed by atoms with Crippen LogP contribution < -0.4 is 0 Å². The largest absolute Gasteiger partial charge is 0.310 e. The number of carbonyl (C=O) groups excluding carboxylic acids is 1. The molecular formula is C12H20N2O. The summed E-state index contributed by atoms with van der Waals surface area (Å²) in [5, 5.41) is 0. The molecule has 84 valence electrons. The summed E-state index contributed by atoms with van der Waals surface area (Å²) < 4.78 is 0. The second-order valence-electron chi connectivity index (χ2n) is 4.04. The molecule has 0 aromatic carbocycles. The Bertz CT molecular complexity index is 281. The minimum Gasteiger partial charge on any atom is -0.310 e. The summed E-state index contributed by atoms with van der Waals surface area (Å²) in [5.41, 5.74) is 1.08. The highest BCUT2D eigenvalue weighted by atomic mass is 16.2. The SMILES string of the molecule is C=CC(=O)N1CCN(C(C)C)C/C1=C/C. The number of piperazine rings is 1. The molecule has 3 heteroatoms. The third kappa shape index (κ3) is 2.69. The molecule has 1 amide bonds. The van der Waals surface area contributed by atoms with Crippen molar-refractivity contribution in [1.29, 1.82) is 0 Å². The van der Waals surface area contributed by atoms with E-state index in [9.17, 15) is 4.79 Å². The average molecular weight is 208 g/mol. The molecule has 0 N–H and O–H groups in total. The van der Waals surface area contributed by atoms with Crippen molar-refractivity contribution in [2.24, 2.45) is 0 Å². The van der Waals surface area contributed by atoms with Gasteiger partial charge in [0.05, 0.1) is 0 Å². The van der Waals surface area contributed by atoms with Crippen LogP contribution in [0.1, 0.15) is 20.8 Å². The molecule has 1 fully saturated rings. The van der Waals surface area contributed by atoms with Crippen LogP contribution in [0.4, 0.5) is 0 Å². The lowest BCUT2D eigenvalue weighted by atomic mass is 10.2. The maximum absolute atomic E-state index is 11.6. The number of rotatable bonds is 2. The van der Waals surface area contributed by atoms with Gasteiger partial charge < -0.3 is 4.90 Å². The van der Waals surface area contributed by atoms with E-state index in [1.807, 2.05) is 17.9 Å². The van der Waals surface area contributed by atoms with Crippen molar-refractivity contribution in [3.63, 3.8) is 0 Å². The molecular weight excluding hydrogens is 188 g/mol. The Kier molecular flexibility index (Phi) is 4.09. The Labute approximate surface area is 92.0 Å². The Balaban J connectivity index is 2.74. The van der Waals surface area contributed by atoms with Gasteiger partial charge in [0.1, 0.15) is 0 Å². The van der Waals surface area contributed by atoms with Gasteiger partial charge in [-0.05, 0) is 26.8 Å². The van der Waals surface area contributed by atoms with E-state index >= 15 is 0 Å². The van der Waals surface area contributed by atoms with Gasteiger partial charge in [-0.3, -0.25) is 9.69 Å². The summed E-state index contributed by atoms with van der Waals surface area (Å²) in [6.07, 6.45) is 3.39. The van der Waals surface area contributed by atoms with Gasteiger partial charge in [0, 0.05) is 31.4 Å². The normalized spacial score (nSPS) is 21.1. The minimum atomic E-state index is 0.00602. The first-order valence-corrected chi connectivity index (χ1v) is 5.43. The third-order valence-corrected chi connectivity index (χ3v) is 2.83. The lowest BCUT2D eigenvalue weighted by Gasteiger charge is -2.38. The molecule has 0 atom stereocenters. The van der Waals surface area contributed by atoms with Crippen molar-refractivity contribution in [2.75, 3.05) is 19.6 Å². The van der Waals surface area contributed by atoms with Gasteiger partial charge in [-0.15, -0.1) is 0 Å². The zero-order valence-electron chi connectivity index (χ0n) is 9.86. The zero-order chi connectivity index (χ0) is 11.4. The highest BCUT2D eigenvalue weighted by Crippen LogP contribution is 2.15. The Morgan fingerprint density at radius 3 is 2.60 bits per heavy atom. The highest BCUT2D eigenvalue weighted by molar-refractivity contribution is 5.88. The van der Waals surface area contributed by atoms with Gasteiger partial charge in [0.25, 0.3) is 0 Å². The van der Waals surface area contributed by atoms with E-state index in [1.54, 1.807) is 0 Å². The predicted molar refractivity (Wildman–Crippen MR) is 62.4 cm³/mol. The van der Waals surface area contributed by atoms with Crippen LogP contribution in [0, 0.1) is 0 Å². The fourth-order valence-electron chi connectivity index (χ4n) is 1.79. The fourth-order valence-corrected chi connectivity index (χ4v) is 1.79. The molecule has 1 rings (SSSR count). The van der Waals surface area contributed by atoms with Gasteiger partial charge in [0.2, 0.25) is 5.91 Å². The number of hydrogen-bond donors (Lipinski definition) is 0. The lowest BCUT2D eigenvalue weighted by Crippen LogP contribution is -2.48. The average Bonchev–Trinajstić information content (AvgIpc) is 2.27. The van der Waals surface area contributed by atoms with Crippen molar-refractivity contribution in [2.45, 2.75) is 26.8 Å². The molecule has 0 aromatic heterocycles. The molecule has 0 unspecified atom stereocenters. The number of hydrogen-bond acceptors (Lipinski definition) is 2. The molecule has 1 saturated heterocycles. The van der Waals surface area contributed by atoms with Crippen LogP contribution in [-0.2, 0) is 4.79 Å². The van der Waals surface area contributed by atoms with Gasteiger partial charge in [-0.1, -0.05) is 12.7 Å². The molecule has 0 spiro atoms. The van der Waals surface area contributed by atoms with Crippen molar-refractivity contribution < 1.29 is 4.79 Å². The molecule has 1 aliphatic rings. The zero-order valence-corrected chi connectivity index (χ0v) is 9.86. The quantitative estimate of drug-likeness (QED) is 0.644. The van der Waals surface area contributed by atoms with Gasteiger partial charge >= 0.3 is 0 Å². The van der Waals surface area contributed by atoms with E-state index in [2.05, 4.69) is 25.3 Å². The summed E-state index contributed by atoms with van der Waals surface area (Å²) in [6, 6.07) is 0.529. The summed E-state index contributed by atoms with van der Waals surface area (Å²) in [5.74, 6) is 0.00602. The summed E-state index contributed by atoms with van der Waals surface area (Å²) in [4.78, 5) is 15.7. The molecule has 1 aliphatic heterocycles. The summed E-state index contributed by atoms with van der Waals surface area (Å²) in [6.45, 7) is 12.4. The molecule has 0 aromatic rings. The topological polar surface area (TPSA) is 23.6 Å². The number of nitrogens with zero attached hydrogens (tertiary/aromatic N) is 2. The standard InChI is InChI=1S/C12H20N2O/c1-5-11-9-13(10(3)4)7-8-14(11)12(15)6-2/h5-6,10H,2,7-9H2,1,3-4H3/b11-5-. The second-order valence-corrected chi connectivity index (χ2v) is 4.04. The summed E-state index contributed by atoms with van der Waals surface area (Å²) in [7, 11) is 0. The van der Waals surface area contributed by atoms with Gasteiger partial charge in [0.15, 0.2) is 0 Å². The number of allylic oxidation sites excluding steroid dienone is 1. The van der Waals surface area contributed by atoms with E-state index in [1.165, 1.54) is 6.08 Å². The lowest BCUT2D eigenvalue weighted by molar-refractivity contribution is -0.125. The van der Waals surface area contributed by atoms with E-state index in [-0.39, 0.29) is 5.91 Å². The minimum absolute atomic E-state index is 0.00602. The van der Waals surface area contributed by atoms with Crippen LogP contribution >= 0.6 is 0 Å². The van der Waals surface area contributed by atoms with E-state index in [0.717, 1.165) is 25.3 Å². The first-order valence-electron chi connectivity index (χ1n) is 5.43. The summed E-state index contributed by atoms with van der Waals surface area (Å²) >= 11 is 0. The molecule has 0 aliphatic carbocycles. The van der Waals surface area contributed by atoms with Gasteiger partial charge in [-0.25, -0.2) is 0 Å². The monoisotopic (exact) mass is 208 g/mol. The first-order chi connectivity index (χ1) is 7.10. The Morgan fingerprint density at radius 2 is 2.13 bits per heavy atom. The van der Waals surface area contributed by atoms with Crippen LogP contribution in [0.25, 0.3) is 0 Å². The Hall–Kier alpha value is -1.09. The maximum Gasteiger partial charge on any atom is 0.250 e. The number of amides is 1. The van der Waals surface area contributed by atoms with E-state index in [0.29, 0.717) is 6.04 Å². The van der Waals surface area contributed by atoms with Crippen molar-refractivity contribution in [3.05, 3.63) is 24.4 Å². The molecule has 1 heterocycles. The highest BCUT2D eigenvalue weighted by Gasteiger charge is 2.24. The number of carbonyl (C=O) groups is 1. The smallest absolute Gasteiger partial charge is 0.250 e. The Morgan fingerprint density at radius 1 is 1.47 bits per heavy atom. The van der Waals surface area contributed by atoms with E-state index in [4.69, 9.17) is 0 Å². The molecule has 0 saturated carbocycles. The van der Waals surface area contributed by atoms with Crippen molar-refractivity contribution >= 4 is 5.91 Å². The molecule has 0 bridgehead atoms. The second kappa shape index (κ2) is 5.12. The van der Waals surface area contributed by atoms with Crippen LogP contribution in [-0.4, -0.2) is 41.4 Å². The fraction of sp³-hybridized carbons (Fsp3) is 0.583. The molecule has 3 nitrogen and oxygen atoms in total. The van der Waals surface area contributed by atoms with Crippen LogP contribution in [0.15, 0.2) is 24.4 Å². The molecule has 15 heavy (non-hydrogen) atoms. The van der Waals surface area contributed by atoms with Crippen molar-refractivity contribution in [3.8, 4) is 0 Å². The van der Waals surface area contributed by atoms with E-state index < -0.39 is 0 Å². The van der Waals surface area contributed by atoms with Crippen LogP contribution in [0.2, 0.25) is 0 Å². The van der Waals surface area contributed by atoms with Gasteiger partial charge in [-0.2, -0.15) is 0 Å². The molecule has 0 radical (unpaired) electrons. The predicted octanol–water partition coefficient (Wildman–Crippen LogP) is 1.63. The van der Waals surface area contributed by atoms with Crippen LogP contribution in [0.3, 0.4) is 0 Å². The van der Waals surface area contributed by atoms with Crippen LogP contribution in [0.5, 0.6) is 0 Å². The first kappa shape index (κ1) is 12.0. The third-order valence-electron chi connectivity index (χ3n) is 2.83. The van der Waals surface area contributed by atoms with Crippen molar-refractivity contribution in [1.82, 2.24) is 9.80 Å². The maximum atomic E-state index is 11.6.